The van der Waals surface area contributed by atoms with Gasteiger partial charge in [0, 0.05) is 29.2 Å². The lowest BCUT2D eigenvalue weighted by atomic mass is 9.85. The highest BCUT2D eigenvalue weighted by atomic mass is 35.5. The molecule has 0 fully saturated rings. The van der Waals surface area contributed by atoms with E-state index in [-0.39, 0.29) is 11.6 Å². The molecular weight excluding hydrogens is 426 g/mol. The second kappa shape index (κ2) is 7.28. The molecule has 2 aliphatic rings. The van der Waals surface area contributed by atoms with E-state index in [1.807, 2.05) is 32.3 Å². The van der Waals surface area contributed by atoms with Crippen molar-refractivity contribution in [2.75, 3.05) is 0 Å². The number of aliphatic imine (C=N–C) groups is 1. The Morgan fingerprint density at radius 3 is 2.84 bits per heavy atom. The molecular formula is C25H22ClN3O3. The van der Waals surface area contributed by atoms with Crippen molar-refractivity contribution in [2.24, 2.45) is 12.0 Å². The predicted molar refractivity (Wildman–Crippen MR) is 126 cm³/mol. The Bertz CT molecular complexity index is 1370. The summed E-state index contributed by atoms with van der Waals surface area (Å²) >= 11 is 6.70. The van der Waals surface area contributed by atoms with Crippen LogP contribution < -0.4 is 10.1 Å². The van der Waals surface area contributed by atoms with Gasteiger partial charge in [0.2, 0.25) is 0 Å². The molecule has 2 atom stereocenters. The highest BCUT2D eigenvalue weighted by molar-refractivity contribution is 6.37. The molecule has 162 valence electrons. The van der Waals surface area contributed by atoms with Crippen LogP contribution in [0.25, 0.3) is 16.5 Å². The number of nitrogens with zero attached hydrogens (tertiary/aromatic N) is 2. The molecule has 1 aliphatic heterocycles. The van der Waals surface area contributed by atoms with E-state index in [0.29, 0.717) is 22.4 Å². The zero-order chi connectivity index (χ0) is 22.6. The van der Waals surface area contributed by atoms with E-state index in [9.17, 15) is 9.90 Å². The summed E-state index contributed by atoms with van der Waals surface area (Å²) in [5.74, 6) is -0.581. The van der Waals surface area contributed by atoms with E-state index in [1.165, 1.54) is 6.07 Å². The summed E-state index contributed by atoms with van der Waals surface area (Å²) in [6, 6.07) is 13.4. The lowest BCUT2D eigenvalue weighted by Gasteiger charge is -2.30. The van der Waals surface area contributed by atoms with Gasteiger partial charge in [-0.05, 0) is 73.0 Å². The second-order valence-electron chi connectivity index (χ2n) is 8.44. The Morgan fingerprint density at radius 1 is 1.25 bits per heavy atom. The number of fused-ring (bicyclic) bond motifs is 2. The van der Waals surface area contributed by atoms with Gasteiger partial charge in [0.05, 0.1) is 11.1 Å². The number of benzene rings is 2. The third-order valence-electron chi connectivity index (χ3n) is 6.11. The first-order valence-electron chi connectivity index (χ1n) is 10.3. The number of aromatic carboxylic acids is 1. The number of rotatable bonds is 3. The summed E-state index contributed by atoms with van der Waals surface area (Å²) in [6.07, 6.45) is 6.04. The second-order valence-corrected chi connectivity index (χ2v) is 8.85. The van der Waals surface area contributed by atoms with Crippen molar-refractivity contribution in [1.82, 2.24) is 9.88 Å². The average molecular weight is 448 g/mol. The zero-order valence-corrected chi connectivity index (χ0v) is 18.6. The molecule has 0 bridgehead atoms. The summed E-state index contributed by atoms with van der Waals surface area (Å²) in [5.41, 5.74) is 3.45. The molecule has 0 radical (unpaired) electrons. The van der Waals surface area contributed by atoms with Crippen molar-refractivity contribution in [2.45, 2.75) is 25.4 Å². The molecule has 0 saturated heterocycles. The van der Waals surface area contributed by atoms with E-state index in [1.54, 1.807) is 19.1 Å². The molecule has 0 saturated carbocycles. The topological polar surface area (TPSA) is 75.8 Å². The molecule has 0 amide bonds. The van der Waals surface area contributed by atoms with Crippen LogP contribution in [0.1, 0.15) is 28.4 Å². The first kappa shape index (κ1) is 20.4. The number of ether oxygens (including phenoxy) is 1. The molecule has 2 N–H and O–H groups in total. The number of aromatic nitrogens is 1. The summed E-state index contributed by atoms with van der Waals surface area (Å²) in [7, 11) is 2.02. The van der Waals surface area contributed by atoms with Crippen LogP contribution in [0.15, 0.2) is 70.8 Å². The van der Waals surface area contributed by atoms with Crippen LogP contribution in [-0.2, 0) is 7.05 Å². The molecule has 2 unspecified atom stereocenters. The molecule has 2 aromatic carbocycles. The van der Waals surface area contributed by atoms with Crippen molar-refractivity contribution in [1.29, 1.82) is 0 Å². The van der Waals surface area contributed by atoms with Gasteiger partial charge in [-0.3, -0.25) is 0 Å². The normalized spacial score (nSPS) is 22.0. The first-order valence-corrected chi connectivity index (χ1v) is 10.6. The van der Waals surface area contributed by atoms with Gasteiger partial charge in [-0.2, -0.15) is 0 Å². The first-order chi connectivity index (χ1) is 15.2. The van der Waals surface area contributed by atoms with Crippen LogP contribution in [0.5, 0.6) is 5.75 Å². The minimum absolute atomic E-state index is 0.200. The van der Waals surface area contributed by atoms with Crippen LogP contribution in [0, 0.1) is 6.92 Å². The van der Waals surface area contributed by atoms with E-state index >= 15 is 0 Å². The monoisotopic (exact) mass is 447 g/mol. The standard InChI is InChI=1S/C25H22ClN3O3/c1-14-4-6-17(11-18(14)23(30)31)32-24-27-22-12-19(20(26)13-25(22,2)28-24)15-5-7-21-16(10-15)8-9-29(21)3/h4-13,22H,1-3H3,(H,27,28)(H,30,31). The number of amidine groups is 1. The molecule has 1 aromatic heterocycles. The molecule has 2 heterocycles. The lowest BCUT2D eigenvalue weighted by molar-refractivity contribution is 0.0695. The third-order valence-corrected chi connectivity index (χ3v) is 6.42. The highest BCUT2D eigenvalue weighted by Gasteiger charge is 2.41. The minimum Gasteiger partial charge on any atom is -0.478 e. The molecule has 7 heteroatoms. The number of hydrogen-bond donors (Lipinski definition) is 2. The van der Waals surface area contributed by atoms with Crippen molar-refractivity contribution in [3.63, 3.8) is 0 Å². The molecule has 1 aliphatic carbocycles. The van der Waals surface area contributed by atoms with Crippen molar-refractivity contribution >= 4 is 40.1 Å². The Hall–Kier alpha value is -3.51. The maximum atomic E-state index is 11.4. The van der Waals surface area contributed by atoms with Crippen LogP contribution in [0.4, 0.5) is 0 Å². The predicted octanol–water partition coefficient (Wildman–Crippen LogP) is 4.87. The number of aryl methyl sites for hydroxylation is 2. The Balaban J connectivity index is 1.46. The summed E-state index contributed by atoms with van der Waals surface area (Å²) in [6.45, 7) is 3.76. The summed E-state index contributed by atoms with van der Waals surface area (Å²) < 4.78 is 7.97. The van der Waals surface area contributed by atoms with E-state index in [4.69, 9.17) is 21.3 Å². The smallest absolute Gasteiger partial charge is 0.336 e. The zero-order valence-electron chi connectivity index (χ0n) is 17.9. The maximum Gasteiger partial charge on any atom is 0.336 e. The number of hydrogen-bond acceptors (Lipinski definition) is 4. The number of allylic oxidation sites excluding steroid dienone is 2. The van der Waals surface area contributed by atoms with Crippen LogP contribution in [-0.4, -0.2) is 33.2 Å². The fourth-order valence-corrected chi connectivity index (χ4v) is 4.65. The van der Waals surface area contributed by atoms with Gasteiger partial charge in [0.15, 0.2) is 0 Å². The fourth-order valence-electron chi connectivity index (χ4n) is 4.25. The average Bonchev–Trinajstić information content (AvgIpc) is 3.26. The van der Waals surface area contributed by atoms with Crippen LogP contribution in [0.3, 0.4) is 0 Å². The molecule has 32 heavy (non-hydrogen) atoms. The summed E-state index contributed by atoms with van der Waals surface area (Å²) in [5, 5.41) is 14.4. The Kier molecular flexibility index (Phi) is 4.64. The number of carbonyl (C=O) groups is 1. The molecule has 6 nitrogen and oxygen atoms in total. The van der Waals surface area contributed by atoms with Crippen LogP contribution in [0.2, 0.25) is 0 Å². The SMILES string of the molecule is Cc1ccc(OC2=NC3C=C(c4ccc5c(ccn5C)c4)C(Cl)=CC3(C)N2)cc1C(=O)O. The van der Waals surface area contributed by atoms with Gasteiger partial charge >= 0.3 is 5.97 Å². The van der Waals surface area contributed by atoms with Crippen molar-refractivity contribution in [3.05, 3.63) is 82.5 Å². The largest absolute Gasteiger partial charge is 0.478 e. The highest BCUT2D eigenvalue weighted by Crippen LogP contribution is 2.39. The number of carboxylic acids is 1. The van der Waals surface area contributed by atoms with Gasteiger partial charge in [0.25, 0.3) is 6.02 Å². The van der Waals surface area contributed by atoms with Crippen molar-refractivity contribution in [3.8, 4) is 5.75 Å². The van der Waals surface area contributed by atoms with Gasteiger partial charge < -0.3 is 19.7 Å². The third kappa shape index (κ3) is 3.37. The van der Waals surface area contributed by atoms with Crippen molar-refractivity contribution < 1.29 is 14.6 Å². The maximum absolute atomic E-state index is 11.4. The molecule has 0 spiro atoms. The van der Waals surface area contributed by atoms with Gasteiger partial charge in [-0.25, -0.2) is 9.79 Å². The molecule has 3 aromatic rings. The number of nitrogens with one attached hydrogen (secondary N) is 1. The van der Waals surface area contributed by atoms with Gasteiger partial charge in [-0.15, -0.1) is 0 Å². The fraction of sp³-hybridized carbons (Fsp3) is 0.200. The lowest BCUT2D eigenvalue weighted by Crippen LogP contribution is -2.47. The van der Waals surface area contributed by atoms with E-state index in [0.717, 1.165) is 22.0 Å². The number of halogens is 1. The quantitative estimate of drug-likeness (QED) is 0.600. The Morgan fingerprint density at radius 2 is 2.06 bits per heavy atom. The van der Waals surface area contributed by atoms with E-state index in [2.05, 4.69) is 34.1 Å². The van der Waals surface area contributed by atoms with Crippen LogP contribution >= 0.6 is 11.6 Å². The minimum atomic E-state index is -0.993. The van der Waals surface area contributed by atoms with Gasteiger partial charge in [-0.1, -0.05) is 23.7 Å². The molecule has 5 rings (SSSR count). The van der Waals surface area contributed by atoms with E-state index < -0.39 is 11.5 Å². The summed E-state index contributed by atoms with van der Waals surface area (Å²) in [4.78, 5) is 16.1. The van der Waals surface area contributed by atoms with Gasteiger partial charge in [0.1, 0.15) is 11.8 Å². The Labute approximate surface area is 190 Å². The number of carboxylic acid groups (broad SMARTS) is 1.